The number of ketones is 2. The molecule has 0 atom stereocenters. The first kappa shape index (κ1) is 24.8. The number of ether oxygens (including phenoxy) is 1. The number of rotatable bonds is 14. The number of carbonyl (C=O) groups excluding carboxylic acids is 2. The summed E-state index contributed by atoms with van der Waals surface area (Å²) in [5, 5.41) is 3.10. The molecule has 0 rings (SSSR count). The molecule has 0 bridgehead atoms. The minimum absolute atomic E-state index is 0. The SMILES string of the molecule is CC(C)COCCC(=O)CCCC(=O)CC/C(N)=C/NC(C)C.N. The van der Waals surface area contributed by atoms with Crippen molar-refractivity contribution in [2.45, 2.75) is 72.3 Å². The van der Waals surface area contributed by atoms with E-state index in [9.17, 15) is 9.59 Å². The third kappa shape index (κ3) is 17.0. The fraction of sp³-hybridized carbons (Fsp3) is 0.778. The third-order valence-corrected chi connectivity index (χ3v) is 3.18. The van der Waals surface area contributed by atoms with Crippen LogP contribution in [0, 0.1) is 5.92 Å². The Morgan fingerprint density at radius 2 is 1.58 bits per heavy atom. The van der Waals surface area contributed by atoms with Crippen LogP contribution in [0.2, 0.25) is 0 Å². The molecule has 0 saturated carbocycles. The lowest BCUT2D eigenvalue weighted by Crippen LogP contribution is -2.18. The molecule has 6 nitrogen and oxygen atoms in total. The van der Waals surface area contributed by atoms with Gasteiger partial charge in [0.2, 0.25) is 0 Å². The predicted molar refractivity (Wildman–Crippen MR) is 98.9 cm³/mol. The maximum absolute atomic E-state index is 11.8. The van der Waals surface area contributed by atoms with E-state index in [0.29, 0.717) is 69.4 Å². The normalized spacial score (nSPS) is 11.5. The highest BCUT2D eigenvalue weighted by molar-refractivity contribution is 5.81. The number of Topliss-reactive ketones (excluding diaryl/α,β-unsaturated/α-hetero) is 2. The van der Waals surface area contributed by atoms with Crippen LogP contribution in [0.25, 0.3) is 0 Å². The largest absolute Gasteiger partial charge is 0.401 e. The average Bonchev–Trinajstić information content (AvgIpc) is 2.47. The molecule has 0 aromatic rings. The lowest BCUT2D eigenvalue weighted by Gasteiger charge is -2.07. The third-order valence-electron chi connectivity index (χ3n) is 3.18. The number of allylic oxidation sites excluding steroid dienone is 1. The molecule has 0 fully saturated rings. The first-order chi connectivity index (χ1) is 10.8. The van der Waals surface area contributed by atoms with Gasteiger partial charge in [-0.2, -0.15) is 0 Å². The van der Waals surface area contributed by atoms with E-state index in [1.807, 2.05) is 13.8 Å². The molecule has 0 spiro atoms. The molecule has 0 aliphatic rings. The molecule has 6 heteroatoms. The molecule has 0 aliphatic heterocycles. The van der Waals surface area contributed by atoms with Crippen molar-refractivity contribution < 1.29 is 14.3 Å². The lowest BCUT2D eigenvalue weighted by molar-refractivity contribution is -0.121. The van der Waals surface area contributed by atoms with Crippen molar-refractivity contribution in [1.82, 2.24) is 11.5 Å². The van der Waals surface area contributed by atoms with E-state index in [-0.39, 0.29) is 17.7 Å². The smallest absolute Gasteiger partial charge is 0.135 e. The van der Waals surface area contributed by atoms with Crippen molar-refractivity contribution >= 4 is 11.6 Å². The fourth-order valence-electron chi connectivity index (χ4n) is 1.87. The van der Waals surface area contributed by atoms with Gasteiger partial charge in [-0.25, -0.2) is 0 Å². The summed E-state index contributed by atoms with van der Waals surface area (Å²) in [5.74, 6) is 0.816. The Morgan fingerprint density at radius 3 is 2.12 bits per heavy atom. The van der Waals surface area contributed by atoms with Crippen LogP contribution >= 0.6 is 0 Å². The van der Waals surface area contributed by atoms with Crippen LogP contribution in [-0.4, -0.2) is 30.8 Å². The summed E-state index contributed by atoms with van der Waals surface area (Å²) in [6, 6.07) is 0.333. The summed E-state index contributed by atoms with van der Waals surface area (Å²) >= 11 is 0. The maximum atomic E-state index is 11.8. The molecule has 0 radical (unpaired) electrons. The van der Waals surface area contributed by atoms with Gasteiger partial charge in [-0.15, -0.1) is 0 Å². The second-order valence-corrected chi connectivity index (χ2v) is 6.69. The Labute approximate surface area is 147 Å². The van der Waals surface area contributed by atoms with E-state index in [1.54, 1.807) is 6.20 Å². The molecule has 0 amide bonds. The molecule has 0 aliphatic carbocycles. The molecule has 0 saturated heterocycles. The van der Waals surface area contributed by atoms with E-state index >= 15 is 0 Å². The molecule has 0 heterocycles. The molecule has 0 aromatic heterocycles. The monoisotopic (exact) mass is 343 g/mol. The van der Waals surface area contributed by atoms with Crippen LogP contribution in [0.1, 0.15) is 66.2 Å². The lowest BCUT2D eigenvalue weighted by atomic mass is 10.1. The summed E-state index contributed by atoms with van der Waals surface area (Å²) in [7, 11) is 0. The summed E-state index contributed by atoms with van der Waals surface area (Å²) in [4.78, 5) is 23.4. The van der Waals surface area contributed by atoms with E-state index in [1.165, 1.54) is 0 Å². The highest BCUT2D eigenvalue weighted by Gasteiger charge is 2.07. The summed E-state index contributed by atoms with van der Waals surface area (Å²) in [6.07, 6.45) is 4.73. The molecular formula is C18H37N3O3. The first-order valence-corrected chi connectivity index (χ1v) is 8.63. The van der Waals surface area contributed by atoms with Gasteiger partial charge in [0.05, 0.1) is 6.61 Å². The second kappa shape index (κ2) is 15.1. The molecule has 6 N–H and O–H groups in total. The van der Waals surface area contributed by atoms with E-state index in [4.69, 9.17) is 10.5 Å². The Bertz CT molecular complexity index is 380. The number of hydrogen-bond acceptors (Lipinski definition) is 6. The topological polar surface area (TPSA) is 116 Å². The highest BCUT2D eigenvalue weighted by atomic mass is 16.5. The molecule has 142 valence electrons. The van der Waals surface area contributed by atoms with Gasteiger partial charge in [0.1, 0.15) is 11.6 Å². The van der Waals surface area contributed by atoms with Crippen molar-refractivity contribution in [3.05, 3.63) is 11.9 Å². The van der Waals surface area contributed by atoms with Gasteiger partial charge >= 0.3 is 0 Å². The van der Waals surface area contributed by atoms with Crippen molar-refractivity contribution in [2.75, 3.05) is 13.2 Å². The summed E-state index contributed by atoms with van der Waals surface area (Å²) in [6.45, 7) is 9.38. The van der Waals surface area contributed by atoms with Crippen LogP contribution in [-0.2, 0) is 14.3 Å². The number of nitrogens with one attached hydrogen (secondary N) is 1. The Hall–Kier alpha value is -1.40. The quantitative estimate of drug-likeness (QED) is 0.417. The molecule has 0 aromatic carbocycles. The van der Waals surface area contributed by atoms with Crippen LogP contribution in [0.4, 0.5) is 0 Å². The Morgan fingerprint density at radius 1 is 1.00 bits per heavy atom. The van der Waals surface area contributed by atoms with Crippen molar-refractivity contribution in [2.24, 2.45) is 11.7 Å². The van der Waals surface area contributed by atoms with Gasteiger partial charge in [0, 0.05) is 50.2 Å². The van der Waals surface area contributed by atoms with Gasteiger partial charge in [0.25, 0.3) is 0 Å². The first-order valence-electron chi connectivity index (χ1n) is 8.63. The number of hydrogen-bond donors (Lipinski definition) is 3. The Kier molecular flexibility index (Phi) is 15.7. The van der Waals surface area contributed by atoms with Crippen molar-refractivity contribution in [3.8, 4) is 0 Å². The maximum Gasteiger partial charge on any atom is 0.135 e. The van der Waals surface area contributed by atoms with Gasteiger partial charge in [-0.05, 0) is 32.6 Å². The zero-order valence-corrected chi connectivity index (χ0v) is 15.9. The molecular weight excluding hydrogens is 306 g/mol. The average molecular weight is 344 g/mol. The standard InChI is InChI=1S/C18H34N2O3.H3N/c1-14(2)13-23-11-10-18(22)7-5-6-17(21)9-8-16(19)12-20-15(3)4;/h12,14-15,20H,5-11,13,19H2,1-4H3;1H3/b16-12-;. The van der Waals surface area contributed by atoms with Crippen LogP contribution < -0.4 is 17.2 Å². The van der Waals surface area contributed by atoms with E-state index < -0.39 is 0 Å². The summed E-state index contributed by atoms with van der Waals surface area (Å²) in [5.41, 5.74) is 6.50. The van der Waals surface area contributed by atoms with E-state index in [2.05, 4.69) is 19.2 Å². The van der Waals surface area contributed by atoms with Gasteiger partial charge in [0.15, 0.2) is 0 Å². The predicted octanol–water partition coefficient (Wildman–Crippen LogP) is 3.10. The summed E-state index contributed by atoms with van der Waals surface area (Å²) < 4.78 is 5.38. The second-order valence-electron chi connectivity index (χ2n) is 6.69. The minimum atomic E-state index is 0. The van der Waals surface area contributed by atoms with Crippen molar-refractivity contribution in [1.29, 1.82) is 0 Å². The highest BCUT2D eigenvalue weighted by Crippen LogP contribution is 2.06. The van der Waals surface area contributed by atoms with Crippen LogP contribution in [0.3, 0.4) is 0 Å². The van der Waals surface area contributed by atoms with E-state index in [0.717, 1.165) is 0 Å². The zero-order chi connectivity index (χ0) is 17.7. The fourth-order valence-corrected chi connectivity index (χ4v) is 1.87. The molecule has 24 heavy (non-hydrogen) atoms. The van der Waals surface area contributed by atoms with Gasteiger partial charge < -0.3 is 21.9 Å². The van der Waals surface area contributed by atoms with Crippen LogP contribution in [0.5, 0.6) is 0 Å². The molecule has 0 unspecified atom stereocenters. The van der Waals surface area contributed by atoms with Crippen molar-refractivity contribution in [3.63, 3.8) is 0 Å². The van der Waals surface area contributed by atoms with Gasteiger partial charge in [-0.1, -0.05) is 13.8 Å². The number of nitrogens with two attached hydrogens (primary N) is 1. The Balaban J connectivity index is 0. The van der Waals surface area contributed by atoms with Crippen LogP contribution in [0.15, 0.2) is 11.9 Å². The zero-order valence-electron chi connectivity index (χ0n) is 15.9. The minimum Gasteiger partial charge on any atom is -0.401 e. The number of carbonyl (C=O) groups is 2. The van der Waals surface area contributed by atoms with Gasteiger partial charge in [-0.3, -0.25) is 9.59 Å².